The van der Waals surface area contributed by atoms with Gasteiger partial charge in [-0.05, 0) is 58.1 Å². The highest BCUT2D eigenvalue weighted by molar-refractivity contribution is 5.65. The minimum atomic E-state index is -1.10. The van der Waals surface area contributed by atoms with E-state index in [1.807, 2.05) is 54.6 Å². The molecule has 6 nitrogen and oxygen atoms in total. The van der Waals surface area contributed by atoms with Gasteiger partial charge in [0, 0.05) is 5.56 Å². The summed E-state index contributed by atoms with van der Waals surface area (Å²) in [6.07, 6.45) is -0.838. The van der Waals surface area contributed by atoms with Crippen molar-refractivity contribution in [3.05, 3.63) is 191 Å². The Hall–Kier alpha value is -5.56. The van der Waals surface area contributed by atoms with Crippen LogP contribution in [-0.4, -0.2) is 41.7 Å². The monoisotopic (exact) mass is 666 g/mol. The molecule has 0 bridgehead atoms. The molecule has 0 aromatic heterocycles. The molecule has 6 aromatic rings. The first-order valence-corrected chi connectivity index (χ1v) is 16.5. The van der Waals surface area contributed by atoms with Crippen LogP contribution in [0.2, 0.25) is 0 Å². The molecule has 6 aromatic carbocycles. The van der Waals surface area contributed by atoms with Gasteiger partial charge in [0.1, 0.15) is 17.6 Å². The van der Waals surface area contributed by atoms with Gasteiger partial charge in [-0.15, -0.1) is 0 Å². The smallest absolute Gasteiger partial charge is 0.165 e. The van der Waals surface area contributed by atoms with Gasteiger partial charge in [0.05, 0.1) is 46.4 Å². The number of hydrogen-bond donors (Lipinski definition) is 0. The van der Waals surface area contributed by atoms with Crippen molar-refractivity contribution in [1.29, 1.82) is 0 Å². The van der Waals surface area contributed by atoms with Gasteiger partial charge >= 0.3 is 0 Å². The topological polar surface area (TPSA) is 55.4 Å². The molecular formula is C44H42O6. The average Bonchev–Trinajstić information content (AvgIpc) is 3.20. The maximum absolute atomic E-state index is 6.93. The van der Waals surface area contributed by atoms with Crippen LogP contribution >= 0.6 is 0 Å². The highest BCUT2D eigenvalue weighted by Gasteiger charge is 2.59. The molecule has 0 aliphatic carbocycles. The van der Waals surface area contributed by atoms with Gasteiger partial charge in [0.15, 0.2) is 11.5 Å². The zero-order valence-electron chi connectivity index (χ0n) is 29.0. The molecule has 1 atom stereocenters. The Kier molecular flexibility index (Phi) is 10.5. The van der Waals surface area contributed by atoms with Crippen LogP contribution in [0.5, 0.6) is 23.0 Å². The number of rotatable bonds is 14. The molecule has 0 N–H and O–H groups in total. The SMILES string of the molecule is COOC(C(c1ccccc1)(c1ccc(OC)cc1)c1ccc(OC)cc1)C(c1ccccc1)(c1ccccc1)c1cccc(OC)c1OC. The fourth-order valence-corrected chi connectivity index (χ4v) is 7.45. The second kappa shape index (κ2) is 15.3. The van der Waals surface area contributed by atoms with Crippen molar-refractivity contribution in [2.24, 2.45) is 0 Å². The molecule has 0 amide bonds. The first kappa shape index (κ1) is 34.3. The first-order valence-electron chi connectivity index (χ1n) is 16.5. The van der Waals surface area contributed by atoms with Crippen LogP contribution in [-0.2, 0) is 20.6 Å². The normalized spacial score (nSPS) is 12.2. The Morgan fingerprint density at radius 2 is 0.800 bits per heavy atom. The molecule has 254 valence electrons. The largest absolute Gasteiger partial charge is 0.497 e. The van der Waals surface area contributed by atoms with E-state index in [9.17, 15) is 0 Å². The first-order chi connectivity index (χ1) is 24.6. The van der Waals surface area contributed by atoms with Crippen LogP contribution in [0, 0.1) is 0 Å². The van der Waals surface area contributed by atoms with Crippen LogP contribution in [0.15, 0.2) is 158 Å². The van der Waals surface area contributed by atoms with E-state index in [1.165, 1.54) is 0 Å². The van der Waals surface area contributed by atoms with E-state index >= 15 is 0 Å². The molecule has 0 fully saturated rings. The summed E-state index contributed by atoms with van der Waals surface area (Å²) >= 11 is 0. The summed E-state index contributed by atoms with van der Waals surface area (Å²) < 4.78 is 23.5. The summed E-state index contributed by atoms with van der Waals surface area (Å²) in [6, 6.07) is 53.5. The predicted molar refractivity (Wildman–Crippen MR) is 197 cm³/mol. The van der Waals surface area contributed by atoms with Crippen LogP contribution in [0.3, 0.4) is 0 Å². The van der Waals surface area contributed by atoms with Gasteiger partial charge in [-0.25, -0.2) is 9.78 Å². The molecule has 0 radical (unpaired) electrons. The summed E-state index contributed by atoms with van der Waals surface area (Å²) in [5, 5.41) is 0. The van der Waals surface area contributed by atoms with Crippen molar-refractivity contribution in [2.45, 2.75) is 16.9 Å². The van der Waals surface area contributed by atoms with E-state index in [1.54, 1.807) is 35.5 Å². The van der Waals surface area contributed by atoms with Gasteiger partial charge in [0.25, 0.3) is 0 Å². The van der Waals surface area contributed by atoms with Crippen LogP contribution in [0.4, 0.5) is 0 Å². The van der Waals surface area contributed by atoms with E-state index < -0.39 is 16.9 Å². The summed E-state index contributed by atoms with van der Waals surface area (Å²) in [4.78, 5) is 12.9. The molecule has 1 unspecified atom stereocenters. The van der Waals surface area contributed by atoms with E-state index in [4.69, 9.17) is 28.7 Å². The fraction of sp³-hybridized carbons (Fsp3) is 0.182. The highest BCUT2D eigenvalue weighted by atomic mass is 17.2. The minimum Gasteiger partial charge on any atom is -0.497 e. The Bertz CT molecular complexity index is 1860. The van der Waals surface area contributed by atoms with Crippen molar-refractivity contribution >= 4 is 0 Å². The van der Waals surface area contributed by atoms with E-state index in [0.717, 1.165) is 44.9 Å². The third-order valence-electron chi connectivity index (χ3n) is 9.58. The summed E-state index contributed by atoms with van der Waals surface area (Å²) in [7, 11) is 8.23. The molecule has 0 spiro atoms. The molecule has 0 saturated heterocycles. The number of para-hydroxylation sites is 1. The standard InChI is InChI=1S/C44H42O6/c1-45-37-28-24-35(25-29-37)43(32-16-9-6-10-17-32,36-26-30-38(46-2)31-27-36)42(50-49-5)44(33-18-11-7-12-19-33,34-20-13-8-14-21-34)39-22-15-23-40(47-3)41(39)48-4/h6-31,42H,1-5H3. The van der Waals surface area contributed by atoms with Gasteiger partial charge in [-0.1, -0.05) is 127 Å². The molecule has 6 heteroatoms. The van der Waals surface area contributed by atoms with Crippen molar-refractivity contribution < 1.29 is 28.7 Å². The molecule has 50 heavy (non-hydrogen) atoms. The molecule has 0 aliphatic rings. The van der Waals surface area contributed by atoms with E-state index in [2.05, 4.69) is 103 Å². The lowest BCUT2D eigenvalue weighted by molar-refractivity contribution is -0.322. The molecule has 0 aliphatic heterocycles. The number of benzene rings is 6. The van der Waals surface area contributed by atoms with Gasteiger partial charge < -0.3 is 18.9 Å². The number of ether oxygens (including phenoxy) is 4. The fourth-order valence-electron chi connectivity index (χ4n) is 7.45. The highest BCUT2D eigenvalue weighted by Crippen LogP contribution is 2.57. The van der Waals surface area contributed by atoms with Gasteiger partial charge in [-0.2, -0.15) is 0 Å². The Morgan fingerprint density at radius 3 is 1.18 bits per heavy atom. The number of hydrogen-bond acceptors (Lipinski definition) is 6. The van der Waals surface area contributed by atoms with E-state index in [-0.39, 0.29) is 0 Å². The Morgan fingerprint density at radius 1 is 0.380 bits per heavy atom. The summed E-state index contributed by atoms with van der Waals surface area (Å²) in [6.45, 7) is 0. The maximum Gasteiger partial charge on any atom is 0.165 e. The lowest BCUT2D eigenvalue weighted by Gasteiger charge is -2.51. The summed E-state index contributed by atoms with van der Waals surface area (Å²) in [5.74, 6) is 2.65. The zero-order valence-corrected chi connectivity index (χ0v) is 29.0. The Labute approximate surface area is 294 Å². The molecule has 0 heterocycles. The van der Waals surface area contributed by atoms with Crippen molar-refractivity contribution in [1.82, 2.24) is 0 Å². The van der Waals surface area contributed by atoms with E-state index in [0.29, 0.717) is 11.5 Å². The second-order valence-electron chi connectivity index (χ2n) is 11.9. The average molecular weight is 667 g/mol. The predicted octanol–water partition coefficient (Wildman–Crippen LogP) is 9.04. The number of methoxy groups -OCH3 is 4. The van der Waals surface area contributed by atoms with Crippen molar-refractivity contribution in [2.75, 3.05) is 35.5 Å². The van der Waals surface area contributed by atoms with Gasteiger partial charge in [0.2, 0.25) is 0 Å². The quantitative estimate of drug-likeness (QED) is 0.0657. The molecule has 6 rings (SSSR count). The minimum absolute atomic E-state index is 0.582. The van der Waals surface area contributed by atoms with Crippen LogP contribution in [0.1, 0.15) is 33.4 Å². The van der Waals surface area contributed by atoms with Crippen molar-refractivity contribution in [3.8, 4) is 23.0 Å². The maximum atomic E-state index is 6.93. The Balaban J connectivity index is 1.90. The second-order valence-corrected chi connectivity index (χ2v) is 11.9. The third kappa shape index (κ3) is 5.87. The lowest BCUT2D eigenvalue weighted by Crippen LogP contribution is -2.56. The summed E-state index contributed by atoms with van der Waals surface area (Å²) in [5.41, 5.74) is 3.49. The molecule has 0 saturated carbocycles. The van der Waals surface area contributed by atoms with Gasteiger partial charge in [-0.3, -0.25) is 0 Å². The van der Waals surface area contributed by atoms with Crippen LogP contribution < -0.4 is 18.9 Å². The lowest BCUT2D eigenvalue weighted by atomic mass is 9.53. The van der Waals surface area contributed by atoms with Crippen molar-refractivity contribution in [3.63, 3.8) is 0 Å². The van der Waals surface area contributed by atoms with Crippen LogP contribution in [0.25, 0.3) is 0 Å². The third-order valence-corrected chi connectivity index (χ3v) is 9.58. The zero-order chi connectivity index (χ0) is 35.0. The molecular weight excluding hydrogens is 624 g/mol.